The predicted molar refractivity (Wildman–Crippen MR) is 79.3 cm³/mol. The Morgan fingerprint density at radius 3 is 2.22 bits per heavy atom. The number of hydrogen-bond acceptors (Lipinski definition) is 1. The highest BCUT2D eigenvalue weighted by molar-refractivity contribution is 5.42. The predicted octanol–water partition coefficient (Wildman–Crippen LogP) is 4.10. The molecule has 0 radical (unpaired) electrons. The Hall–Kier alpha value is -0.820. The second-order valence-corrected chi connectivity index (χ2v) is 5.89. The largest absolute Gasteiger partial charge is 0.314 e. The summed E-state index contributed by atoms with van der Waals surface area (Å²) in [6.07, 6.45) is 2.60. The Morgan fingerprint density at radius 2 is 1.72 bits per heavy atom. The van der Waals surface area contributed by atoms with Crippen molar-refractivity contribution in [2.45, 2.75) is 59.4 Å². The molecule has 1 nitrogen and oxygen atoms in total. The normalized spacial score (nSPS) is 27.1. The molecule has 0 aliphatic heterocycles. The SMILES string of the molecule is CCNC1CC(c2c(C)cc(C)cc2C)C1CC. The van der Waals surface area contributed by atoms with Gasteiger partial charge in [0.1, 0.15) is 0 Å². The zero-order valence-corrected chi connectivity index (χ0v) is 12.5. The first-order chi connectivity index (χ1) is 8.58. The van der Waals surface area contributed by atoms with Crippen molar-refractivity contribution in [3.63, 3.8) is 0 Å². The number of aryl methyl sites for hydroxylation is 3. The van der Waals surface area contributed by atoms with E-state index in [1.54, 1.807) is 5.56 Å². The molecular formula is C17H27N. The summed E-state index contributed by atoms with van der Waals surface area (Å²) < 4.78 is 0. The molecule has 1 aromatic carbocycles. The summed E-state index contributed by atoms with van der Waals surface area (Å²) in [5, 5.41) is 3.63. The van der Waals surface area contributed by atoms with Crippen LogP contribution in [0.1, 0.15) is 54.9 Å². The van der Waals surface area contributed by atoms with Crippen molar-refractivity contribution in [1.29, 1.82) is 0 Å². The van der Waals surface area contributed by atoms with Crippen molar-refractivity contribution < 1.29 is 0 Å². The van der Waals surface area contributed by atoms with E-state index in [-0.39, 0.29) is 0 Å². The van der Waals surface area contributed by atoms with Gasteiger partial charge in [-0.1, -0.05) is 38.0 Å². The van der Waals surface area contributed by atoms with Crippen LogP contribution in [0.2, 0.25) is 0 Å². The van der Waals surface area contributed by atoms with Crippen molar-refractivity contribution in [1.82, 2.24) is 5.32 Å². The average molecular weight is 245 g/mol. The van der Waals surface area contributed by atoms with Crippen molar-refractivity contribution in [2.75, 3.05) is 6.54 Å². The topological polar surface area (TPSA) is 12.0 Å². The van der Waals surface area contributed by atoms with E-state index in [0.717, 1.165) is 24.4 Å². The van der Waals surface area contributed by atoms with Gasteiger partial charge in [-0.2, -0.15) is 0 Å². The summed E-state index contributed by atoms with van der Waals surface area (Å²) in [7, 11) is 0. The van der Waals surface area contributed by atoms with Crippen molar-refractivity contribution >= 4 is 0 Å². The maximum atomic E-state index is 3.63. The lowest BCUT2D eigenvalue weighted by atomic mass is 9.63. The number of hydrogen-bond donors (Lipinski definition) is 1. The molecule has 0 bridgehead atoms. The molecule has 0 amide bonds. The molecule has 1 N–H and O–H groups in total. The van der Waals surface area contributed by atoms with Crippen LogP contribution in [-0.4, -0.2) is 12.6 Å². The summed E-state index contributed by atoms with van der Waals surface area (Å²) in [6.45, 7) is 12.4. The maximum absolute atomic E-state index is 3.63. The monoisotopic (exact) mass is 245 g/mol. The fourth-order valence-corrected chi connectivity index (χ4v) is 3.88. The Bertz CT molecular complexity index is 399. The molecule has 1 aliphatic rings. The molecule has 1 aromatic rings. The van der Waals surface area contributed by atoms with Gasteiger partial charge >= 0.3 is 0 Å². The van der Waals surface area contributed by atoms with E-state index in [9.17, 15) is 0 Å². The third-order valence-electron chi connectivity index (χ3n) is 4.59. The van der Waals surface area contributed by atoms with Crippen LogP contribution < -0.4 is 5.32 Å². The van der Waals surface area contributed by atoms with Crippen molar-refractivity contribution in [2.24, 2.45) is 5.92 Å². The molecule has 1 fully saturated rings. The van der Waals surface area contributed by atoms with Gasteiger partial charge in [0, 0.05) is 6.04 Å². The maximum Gasteiger partial charge on any atom is 0.0107 e. The van der Waals surface area contributed by atoms with Gasteiger partial charge < -0.3 is 5.32 Å². The van der Waals surface area contributed by atoms with Gasteiger partial charge in [-0.3, -0.25) is 0 Å². The standard InChI is InChI=1S/C17H27N/c1-6-14-15(10-16(14)18-7-2)17-12(4)8-11(3)9-13(17)5/h8-9,14-16,18H,6-7,10H2,1-5H3. The van der Waals surface area contributed by atoms with Gasteiger partial charge in [0.2, 0.25) is 0 Å². The fourth-order valence-electron chi connectivity index (χ4n) is 3.88. The highest BCUT2D eigenvalue weighted by Crippen LogP contribution is 2.46. The first kappa shape index (κ1) is 13.6. The summed E-state index contributed by atoms with van der Waals surface area (Å²) in [6, 6.07) is 5.43. The van der Waals surface area contributed by atoms with E-state index < -0.39 is 0 Å². The average Bonchev–Trinajstić information content (AvgIpc) is 2.25. The van der Waals surface area contributed by atoms with Gasteiger partial charge in [-0.15, -0.1) is 0 Å². The lowest BCUT2D eigenvalue weighted by Crippen LogP contribution is -2.49. The molecule has 2 rings (SSSR count). The zero-order valence-electron chi connectivity index (χ0n) is 12.5. The molecule has 100 valence electrons. The molecule has 0 spiro atoms. The summed E-state index contributed by atoms with van der Waals surface area (Å²) >= 11 is 0. The van der Waals surface area contributed by atoms with Gasteiger partial charge in [0.25, 0.3) is 0 Å². The number of benzene rings is 1. The molecule has 1 saturated carbocycles. The van der Waals surface area contributed by atoms with Gasteiger partial charge in [0.15, 0.2) is 0 Å². The second-order valence-electron chi connectivity index (χ2n) is 5.89. The first-order valence-electron chi connectivity index (χ1n) is 7.39. The number of nitrogens with one attached hydrogen (secondary N) is 1. The number of rotatable bonds is 4. The van der Waals surface area contributed by atoms with Crippen LogP contribution in [0.4, 0.5) is 0 Å². The third-order valence-corrected chi connectivity index (χ3v) is 4.59. The van der Waals surface area contributed by atoms with E-state index in [4.69, 9.17) is 0 Å². The first-order valence-corrected chi connectivity index (χ1v) is 7.39. The van der Waals surface area contributed by atoms with Crippen LogP contribution in [0.3, 0.4) is 0 Å². The van der Waals surface area contributed by atoms with E-state index in [2.05, 4.69) is 52.1 Å². The zero-order chi connectivity index (χ0) is 13.3. The van der Waals surface area contributed by atoms with E-state index in [1.807, 2.05) is 0 Å². The molecule has 0 heterocycles. The summed E-state index contributed by atoms with van der Waals surface area (Å²) in [5.74, 6) is 1.60. The third kappa shape index (κ3) is 2.33. The fraction of sp³-hybridized carbons (Fsp3) is 0.647. The highest BCUT2D eigenvalue weighted by atomic mass is 14.9. The van der Waals surface area contributed by atoms with Gasteiger partial charge in [0.05, 0.1) is 0 Å². The van der Waals surface area contributed by atoms with Crippen LogP contribution >= 0.6 is 0 Å². The molecule has 3 unspecified atom stereocenters. The van der Waals surface area contributed by atoms with Crippen LogP contribution in [0.25, 0.3) is 0 Å². The summed E-state index contributed by atoms with van der Waals surface area (Å²) in [4.78, 5) is 0. The molecule has 0 aromatic heterocycles. The van der Waals surface area contributed by atoms with Gasteiger partial charge in [-0.05, 0) is 62.3 Å². The van der Waals surface area contributed by atoms with Crippen LogP contribution in [0.5, 0.6) is 0 Å². The van der Waals surface area contributed by atoms with E-state index in [1.165, 1.54) is 29.5 Å². The molecule has 3 atom stereocenters. The summed E-state index contributed by atoms with van der Waals surface area (Å²) in [5.41, 5.74) is 6.00. The molecule has 18 heavy (non-hydrogen) atoms. The molecule has 0 saturated heterocycles. The second kappa shape index (κ2) is 5.44. The minimum Gasteiger partial charge on any atom is -0.314 e. The lowest BCUT2D eigenvalue weighted by molar-refractivity contribution is 0.162. The Labute approximate surface area is 112 Å². The van der Waals surface area contributed by atoms with Crippen LogP contribution in [-0.2, 0) is 0 Å². The van der Waals surface area contributed by atoms with Crippen molar-refractivity contribution in [3.05, 3.63) is 34.4 Å². The minimum absolute atomic E-state index is 0.741. The van der Waals surface area contributed by atoms with Crippen LogP contribution in [0, 0.1) is 26.7 Å². The molecule has 1 heteroatoms. The Morgan fingerprint density at radius 1 is 1.11 bits per heavy atom. The smallest absolute Gasteiger partial charge is 0.0107 e. The lowest BCUT2D eigenvalue weighted by Gasteiger charge is -2.46. The quantitative estimate of drug-likeness (QED) is 0.842. The highest BCUT2D eigenvalue weighted by Gasteiger charge is 2.40. The Kier molecular flexibility index (Phi) is 4.11. The molecule has 1 aliphatic carbocycles. The Balaban J connectivity index is 2.23. The van der Waals surface area contributed by atoms with E-state index >= 15 is 0 Å². The van der Waals surface area contributed by atoms with Crippen molar-refractivity contribution in [3.8, 4) is 0 Å². The van der Waals surface area contributed by atoms with Gasteiger partial charge in [-0.25, -0.2) is 0 Å². The van der Waals surface area contributed by atoms with Crippen LogP contribution in [0.15, 0.2) is 12.1 Å². The minimum atomic E-state index is 0.741. The van der Waals surface area contributed by atoms with E-state index in [0.29, 0.717) is 0 Å². The molecular weight excluding hydrogens is 218 g/mol.